The summed E-state index contributed by atoms with van der Waals surface area (Å²) in [6, 6.07) is 0.172. The van der Waals surface area contributed by atoms with E-state index < -0.39 is 16.9 Å². The second-order valence-electron chi connectivity index (χ2n) is 15.7. The third-order valence-electron chi connectivity index (χ3n) is 9.96. The van der Waals surface area contributed by atoms with Crippen molar-refractivity contribution in [3.8, 4) is 0 Å². The Hall–Kier alpha value is -1.07. The minimum absolute atomic E-state index is 0.0221. The minimum Gasteiger partial charge on any atom is -0.409 e. The van der Waals surface area contributed by atoms with E-state index in [1.807, 2.05) is 0 Å². The van der Waals surface area contributed by atoms with Crippen LogP contribution in [-0.2, 0) is 26.1 Å². The molecule has 212 valence electrons. The van der Waals surface area contributed by atoms with Crippen molar-refractivity contribution in [1.29, 1.82) is 0 Å². The monoisotopic (exact) mass is 557 g/mol. The van der Waals surface area contributed by atoms with Gasteiger partial charge in [0.2, 0.25) is 0 Å². The first-order valence-corrected chi connectivity index (χ1v) is 19.5. The number of hydrogen-bond acceptors (Lipinski definition) is 5. The molecule has 0 N–H and O–H groups in total. The molecule has 2 aliphatic carbocycles. The summed E-state index contributed by atoms with van der Waals surface area (Å²) in [7, 11) is -4.71. The molecular weight excluding hydrogens is 507 g/mol. The Bertz CT molecular complexity index is 1170. The standard InChI is InChI=1S/C30H51N3O3Si2/c1-28(2,3)37(10,11)35-26-23(33-17-20-14-12-13-15-22-24(20)27(33)32-19-31-22)16-21-18-34-38(29(4,5)6,30(7,8)9)36-25(21)26/h17,19,21,23,25-26H,12-16,18H2,1-11H3/t21-,23-,25-,26+/m1/s1. The van der Waals surface area contributed by atoms with E-state index in [0.717, 1.165) is 31.5 Å². The molecule has 0 aromatic carbocycles. The van der Waals surface area contributed by atoms with Crippen LogP contribution in [-0.4, -0.2) is 50.2 Å². The second kappa shape index (κ2) is 9.23. The molecule has 3 aliphatic rings. The van der Waals surface area contributed by atoms with Crippen molar-refractivity contribution >= 4 is 27.9 Å². The van der Waals surface area contributed by atoms with E-state index >= 15 is 0 Å². The summed E-state index contributed by atoms with van der Waals surface area (Å²) >= 11 is 0. The molecule has 5 rings (SSSR count). The average molecular weight is 558 g/mol. The highest BCUT2D eigenvalue weighted by molar-refractivity contribution is 6.74. The summed E-state index contributed by atoms with van der Waals surface area (Å²) in [5, 5.41) is 1.30. The van der Waals surface area contributed by atoms with Gasteiger partial charge in [0.15, 0.2) is 8.32 Å². The van der Waals surface area contributed by atoms with Gasteiger partial charge in [-0.25, -0.2) is 9.97 Å². The molecule has 6 nitrogen and oxygen atoms in total. The number of aromatic nitrogens is 3. The van der Waals surface area contributed by atoms with E-state index in [2.05, 4.69) is 86.2 Å². The zero-order chi connectivity index (χ0) is 27.9. The summed E-state index contributed by atoms with van der Waals surface area (Å²) in [6.07, 6.45) is 9.70. The molecule has 38 heavy (non-hydrogen) atoms. The van der Waals surface area contributed by atoms with Crippen LogP contribution in [0.15, 0.2) is 12.5 Å². The fourth-order valence-electron chi connectivity index (χ4n) is 7.16. The Kier molecular flexibility index (Phi) is 6.91. The van der Waals surface area contributed by atoms with Crippen LogP contribution in [0.2, 0.25) is 28.2 Å². The molecular formula is C30H51N3O3Si2. The molecule has 1 saturated heterocycles. The topological polar surface area (TPSA) is 58.4 Å². The quantitative estimate of drug-likeness (QED) is 0.362. The largest absolute Gasteiger partial charge is 0.409 e. The number of aryl methyl sites for hydroxylation is 2. The van der Waals surface area contributed by atoms with Crippen molar-refractivity contribution in [3.05, 3.63) is 23.8 Å². The highest BCUT2D eigenvalue weighted by atomic mass is 28.4. The predicted octanol–water partition coefficient (Wildman–Crippen LogP) is 7.72. The summed E-state index contributed by atoms with van der Waals surface area (Å²) in [4.78, 5) is 9.58. The smallest absolute Gasteiger partial charge is 0.349 e. The van der Waals surface area contributed by atoms with Gasteiger partial charge in [0.05, 0.1) is 23.9 Å². The number of rotatable bonds is 3. The molecule has 2 aromatic rings. The summed E-state index contributed by atoms with van der Waals surface area (Å²) in [5.41, 5.74) is 3.69. The lowest BCUT2D eigenvalue weighted by molar-refractivity contribution is -0.0533. The highest BCUT2D eigenvalue weighted by Gasteiger charge is 2.65. The summed E-state index contributed by atoms with van der Waals surface area (Å²) in [5.74, 6) is 0.315. The molecule has 0 amide bonds. The lowest BCUT2D eigenvalue weighted by Gasteiger charge is -2.55. The van der Waals surface area contributed by atoms with E-state index in [0.29, 0.717) is 5.92 Å². The van der Waals surface area contributed by atoms with Gasteiger partial charge in [-0.3, -0.25) is 0 Å². The second-order valence-corrected chi connectivity index (χ2v) is 25.2. The Balaban J connectivity index is 1.62. The summed E-state index contributed by atoms with van der Waals surface area (Å²) < 4.78 is 24.2. The van der Waals surface area contributed by atoms with Gasteiger partial charge in [-0.2, -0.15) is 0 Å². The molecule has 1 aliphatic heterocycles. The van der Waals surface area contributed by atoms with E-state index in [1.165, 1.54) is 29.5 Å². The van der Waals surface area contributed by atoms with Crippen molar-refractivity contribution in [2.24, 2.45) is 5.92 Å². The Morgan fingerprint density at radius 3 is 2.26 bits per heavy atom. The number of nitrogens with zero attached hydrogens (tertiary/aromatic N) is 3. The van der Waals surface area contributed by atoms with Gasteiger partial charge in [0.25, 0.3) is 0 Å². The van der Waals surface area contributed by atoms with Crippen LogP contribution in [0.3, 0.4) is 0 Å². The molecule has 2 fully saturated rings. The molecule has 8 heteroatoms. The van der Waals surface area contributed by atoms with Gasteiger partial charge < -0.3 is 17.8 Å². The average Bonchev–Trinajstić information content (AvgIpc) is 3.24. The maximum Gasteiger partial charge on any atom is 0.349 e. The minimum atomic E-state index is -2.63. The zero-order valence-corrected chi connectivity index (χ0v) is 27.8. The molecule has 4 atom stereocenters. The molecule has 0 radical (unpaired) electrons. The van der Waals surface area contributed by atoms with Gasteiger partial charge in [-0.05, 0) is 55.8 Å². The third kappa shape index (κ3) is 4.46. The first-order chi connectivity index (χ1) is 17.5. The fourth-order valence-corrected chi connectivity index (χ4v) is 13.5. The molecule has 2 aromatic heterocycles. The normalized spacial score (nSPS) is 28.4. The highest BCUT2D eigenvalue weighted by Crippen LogP contribution is 2.58. The lowest BCUT2D eigenvalue weighted by Crippen LogP contribution is -2.64. The van der Waals surface area contributed by atoms with Crippen molar-refractivity contribution in [1.82, 2.24) is 14.5 Å². The van der Waals surface area contributed by atoms with Crippen LogP contribution in [0.5, 0.6) is 0 Å². The third-order valence-corrected chi connectivity index (χ3v) is 19.6. The Labute approximate surface area is 232 Å². The molecule has 0 spiro atoms. The SMILES string of the molecule is CC(C)(C)[Si](C)(C)O[C@@H]1[C@@H]2O[Si](C(C)(C)C)(C(C)(C)C)OC[C@H]2C[C@H]1n1cc2c3c(ncnc31)CCCC2. The van der Waals surface area contributed by atoms with Crippen LogP contribution in [0, 0.1) is 5.92 Å². The van der Waals surface area contributed by atoms with Crippen molar-refractivity contribution in [3.63, 3.8) is 0 Å². The van der Waals surface area contributed by atoms with Crippen LogP contribution < -0.4 is 0 Å². The predicted molar refractivity (Wildman–Crippen MR) is 159 cm³/mol. The molecule has 0 unspecified atom stereocenters. The van der Waals surface area contributed by atoms with E-state index in [9.17, 15) is 0 Å². The van der Waals surface area contributed by atoms with Gasteiger partial charge in [0, 0.05) is 34.2 Å². The van der Waals surface area contributed by atoms with Gasteiger partial charge in [-0.15, -0.1) is 0 Å². The maximum absolute atomic E-state index is 7.42. The lowest BCUT2D eigenvalue weighted by atomic mass is 10.1. The van der Waals surface area contributed by atoms with Crippen molar-refractivity contribution in [2.75, 3.05) is 6.61 Å². The fraction of sp³-hybridized carbons (Fsp3) is 0.800. The maximum atomic E-state index is 7.42. The van der Waals surface area contributed by atoms with E-state index in [1.54, 1.807) is 6.33 Å². The van der Waals surface area contributed by atoms with E-state index in [4.69, 9.17) is 23.2 Å². The number of fused-ring (bicyclic) bond motifs is 1. The van der Waals surface area contributed by atoms with Gasteiger partial charge in [-0.1, -0.05) is 62.3 Å². The zero-order valence-electron chi connectivity index (χ0n) is 25.8. The Morgan fingerprint density at radius 1 is 0.974 bits per heavy atom. The first-order valence-electron chi connectivity index (χ1n) is 14.8. The van der Waals surface area contributed by atoms with Crippen LogP contribution in [0.25, 0.3) is 11.0 Å². The van der Waals surface area contributed by atoms with Crippen LogP contribution >= 0.6 is 0 Å². The number of hydrogen-bond donors (Lipinski definition) is 0. The molecule has 1 saturated carbocycles. The summed E-state index contributed by atoms with van der Waals surface area (Å²) in [6.45, 7) is 26.4. The molecule has 0 bridgehead atoms. The first kappa shape index (κ1) is 28.5. The van der Waals surface area contributed by atoms with Crippen molar-refractivity contribution < 1.29 is 13.3 Å². The van der Waals surface area contributed by atoms with Gasteiger partial charge in [0.1, 0.15) is 12.0 Å². The molecule has 3 heterocycles. The van der Waals surface area contributed by atoms with Crippen LogP contribution in [0.1, 0.15) is 98.9 Å². The van der Waals surface area contributed by atoms with E-state index in [-0.39, 0.29) is 33.4 Å². The van der Waals surface area contributed by atoms with Gasteiger partial charge >= 0.3 is 8.56 Å². The Morgan fingerprint density at radius 2 is 1.63 bits per heavy atom. The van der Waals surface area contributed by atoms with Crippen molar-refractivity contribution in [2.45, 2.75) is 141 Å². The van der Waals surface area contributed by atoms with Crippen LogP contribution in [0.4, 0.5) is 0 Å².